The fraction of sp³-hybridized carbons (Fsp3) is 1.00. The highest BCUT2D eigenvalue weighted by atomic mass is 32.2. The van der Waals surface area contributed by atoms with E-state index in [1.54, 1.807) is 0 Å². The molecule has 5 aliphatic heterocycles. The number of nitrogens with one attached hydrogen (secondary N) is 2. The summed E-state index contributed by atoms with van der Waals surface area (Å²) in [5.41, 5.74) is 2.13. The van der Waals surface area contributed by atoms with E-state index in [4.69, 9.17) is 0 Å². The topological polar surface area (TPSA) is 33.8 Å². The largest absolute Gasteiger partial charge is 0.313 e. The molecule has 0 aromatic carbocycles. The van der Waals surface area contributed by atoms with E-state index in [1.807, 2.05) is 0 Å². The van der Waals surface area contributed by atoms with Gasteiger partial charge in [0.2, 0.25) is 0 Å². The Hall–Kier alpha value is 0.150. The fourth-order valence-corrected chi connectivity index (χ4v) is 8.10. The van der Waals surface area contributed by atoms with Crippen LogP contribution in [0.3, 0.4) is 0 Å². The Morgan fingerprint density at radius 3 is 0.979 bits per heavy atom. The van der Waals surface area contributed by atoms with Gasteiger partial charge in [-0.05, 0) is 164 Å². The normalized spacial score (nSPS) is 25.3. The van der Waals surface area contributed by atoms with Crippen molar-refractivity contribution in [3.63, 3.8) is 0 Å². The van der Waals surface area contributed by atoms with E-state index in [2.05, 4.69) is 141 Å². The highest BCUT2D eigenvalue weighted by Crippen LogP contribution is 2.26. The van der Waals surface area contributed by atoms with E-state index in [0.717, 1.165) is 12.1 Å². The Balaban J connectivity index is 0.000000300. The number of hydrogen-bond acceptors (Lipinski definition) is 6. The molecule has 5 heterocycles. The molecule has 5 rings (SSSR count). The second-order valence-electron chi connectivity index (χ2n) is 20.2. The van der Waals surface area contributed by atoms with Gasteiger partial charge in [-0.15, -0.1) is 0 Å². The Bertz CT molecular complexity index is 688. The van der Waals surface area contributed by atoms with Crippen LogP contribution < -0.4 is 10.6 Å². The summed E-state index contributed by atoms with van der Waals surface area (Å²) < 4.78 is 0. The number of piperidine rings is 2. The van der Waals surface area contributed by atoms with Crippen molar-refractivity contribution in [2.24, 2.45) is 10.8 Å². The molecule has 6 heteroatoms. The number of rotatable bonds is 0. The molecule has 5 fully saturated rings. The molecule has 2 unspecified atom stereocenters. The summed E-state index contributed by atoms with van der Waals surface area (Å²) in [5.74, 6) is 2.63. The van der Waals surface area contributed by atoms with Crippen LogP contribution in [0.15, 0.2) is 0 Å². The van der Waals surface area contributed by atoms with Gasteiger partial charge >= 0.3 is 0 Å². The maximum absolute atomic E-state index is 3.56. The summed E-state index contributed by atoms with van der Waals surface area (Å²) >= 11 is 2.07. The highest BCUT2D eigenvalue weighted by molar-refractivity contribution is 7.99. The van der Waals surface area contributed by atoms with Crippen LogP contribution >= 0.6 is 11.8 Å². The van der Waals surface area contributed by atoms with Crippen molar-refractivity contribution in [2.75, 3.05) is 63.9 Å². The molecule has 0 aliphatic carbocycles. The molecule has 0 spiro atoms. The van der Waals surface area contributed by atoms with Crippen LogP contribution in [-0.4, -0.2) is 107 Å². The van der Waals surface area contributed by atoms with Gasteiger partial charge in [-0.3, -0.25) is 14.7 Å². The van der Waals surface area contributed by atoms with Crippen LogP contribution in [0.25, 0.3) is 0 Å². The van der Waals surface area contributed by atoms with Crippen molar-refractivity contribution in [1.82, 2.24) is 25.3 Å². The SMILES string of the molecule is CC(C)(C)C1CCCCN1.CC(C)(C)C1CCCN1.CC(C)(C)N1CCCC1.CC(C)(C)N1CCCCC1.CC(C)(C)N1CCSCC1. The fourth-order valence-electron chi connectivity index (χ4n) is 7.20. The molecular formula is C42H89N5S. The quantitative estimate of drug-likeness (QED) is 0.263. The molecule has 5 saturated heterocycles. The highest BCUT2D eigenvalue weighted by Gasteiger charge is 2.27. The van der Waals surface area contributed by atoms with Gasteiger partial charge in [0.25, 0.3) is 0 Å². The minimum absolute atomic E-state index is 0.390. The number of thioether (sulfide) groups is 1. The second kappa shape index (κ2) is 21.6. The van der Waals surface area contributed by atoms with Crippen molar-refractivity contribution in [1.29, 1.82) is 0 Å². The number of hydrogen-bond donors (Lipinski definition) is 2. The Kier molecular flexibility index (Phi) is 20.8. The molecule has 0 amide bonds. The monoisotopic (exact) mass is 696 g/mol. The smallest absolute Gasteiger partial charge is 0.0125 e. The van der Waals surface area contributed by atoms with Crippen molar-refractivity contribution in [3.05, 3.63) is 0 Å². The predicted molar refractivity (Wildman–Crippen MR) is 220 cm³/mol. The molecule has 0 bridgehead atoms. The second-order valence-corrected chi connectivity index (χ2v) is 21.5. The Morgan fingerprint density at radius 1 is 0.396 bits per heavy atom. The Labute approximate surface area is 307 Å². The zero-order valence-electron chi connectivity index (χ0n) is 35.5. The summed E-state index contributed by atoms with van der Waals surface area (Å²) in [6.07, 6.45) is 13.9. The molecule has 0 saturated carbocycles. The van der Waals surface area contributed by atoms with Gasteiger partial charge in [-0.2, -0.15) is 11.8 Å². The maximum atomic E-state index is 3.56. The Morgan fingerprint density at radius 2 is 0.729 bits per heavy atom. The number of nitrogens with zero attached hydrogens (tertiary/aromatic N) is 3. The summed E-state index contributed by atoms with van der Waals surface area (Å²) in [5, 5.41) is 7.06. The van der Waals surface area contributed by atoms with Gasteiger partial charge in [0, 0.05) is 53.3 Å². The third-order valence-electron chi connectivity index (χ3n) is 10.8. The van der Waals surface area contributed by atoms with Gasteiger partial charge in [0.05, 0.1) is 0 Å². The van der Waals surface area contributed by atoms with Crippen molar-refractivity contribution in [2.45, 2.75) is 197 Å². The first kappa shape index (κ1) is 46.2. The molecular weight excluding hydrogens is 607 g/mol. The van der Waals surface area contributed by atoms with E-state index in [9.17, 15) is 0 Å². The lowest BCUT2D eigenvalue weighted by atomic mass is 9.82. The van der Waals surface area contributed by atoms with Gasteiger partial charge in [-0.25, -0.2) is 0 Å². The first-order valence-corrected chi connectivity index (χ1v) is 21.5. The summed E-state index contributed by atoms with van der Waals surface area (Å²) in [7, 11) is 0. The maximum Gasteiger partial charge on any atom is 0.0125 e. The summed E-state index contributed by atoms with van der Waals surface area (Å²) in [4.78, 5) is 7.69. The first-order valence-electron chi connectivity index (χ1n) is 20.3. The lowest BCUT2D eigenvalue weighted by molar-refractivity contribution is 0.111. The van der Waals surface area contributed by atoms with Gasteiger partial charge in [0.1, 0.15) is 0 Å². The average Bonchev–Trinajstić information content (AvgIpc) is 3.75. The predicted octanol–water partition coefficient (Wildman–Crippen LogP) is 9.94. The van der Waals surface area contributed by atoms with E-state index < -0.39 is 0 Å². The molecule has 5 aliphatic rings. The molecule has 48 heavy (non-hydrogen) atoms. The van der Waals surface area contributed by atoms with Gasteiger partial charge in [0.15, 0.2) is 0 Å². The van der Waals surface area contributed by atoms with Gasteiger partial charge in [-0.1, -0.05) is 54.4 Å². The van der Waals surface area contributed by atoms with Crippen LogP contribution in [-0.2, 0) is 0 Å². The van der Waals surface area contributed by atoms with Crippen LogP contribution in [0.5, 0.6) is 0 Å². The van der Waals surface area contributed by atoms with Crippen molar-refractivity contribution >= 4 is 11.8 Å². The standard InChI is InChI=1S/2C9H19N.C8H17NS.2C8H17N/c1-9(2,3)10-7-5-4-6-8-10;1-9(2,3)8-6-4-5-7-10-8;1-8(2,3)9-4-6-10-7-5-9;1-8(2,3)9-6-4-5-7-9;1-8(2,3)7-5-4-6-9-7/h4-8H2,1-3H3;8,10H,4-7H2,1-3H3;4-7H2,1-3H3;4-7H2,1-3H3;7,9H,4-6H2,1-3H3. The lowest BCUT2D eigenvalue weighted by Gasteiger charge is -2.38. The average molecular weight is 696 g/mol. The molecule has 288 valence electrons. The first-order chi connectivity index (χ1) is 22.0. The lowest BCUT2D eigenvalue weighted by Crippen LogP contribution is -2.45. The van der Waals surface area contributed by atoms with Crippen LogP contribution in [0.2, 0.25) is 0 Å². The zero-order chi connectivity index (χ0) is 36.7. The molecule has 2 atom stereocenters. The third-order valence-corrected chi connectivity index (χ3v) is 11.7. The minimum Gasteiger partial charge on any atom is -0.313 e. The van der Waals surface area contributed by atoms with E-state index >= 15 is 0 Å². The van der Waals surface area contributed by atoms with Crippen LogP contribution in [0.1, 0.15) is 168 Å². The summed E-state index contributed by atoms with van der Waals surface area (Å²) in [6, 6.07) is 1.51. The van der Waals surface area contributed by atoms with E-state index in [1.165, 1.54) is 128 Å². The molecule has 5 nitrogen and oxygen atoms in total. The van der Waals surface area contributed by atoms with Crippen LogP contribution in [0.4, 0.5) is 0 Å². The molecule has 0 radical (unpaired) electrons. The molecule has 0 aromatic rings. The van der Waals surface area contributed by atoms with E-state index in [0.29, 0.717) is 27.4 Å². The molecule has 2 N–H and O–H groups in total. The van der Waals surface area contributed by atoms with Crippen LogP contribution in [0, 0.1) is 10.8 Å². The van der Waals surface area contributed by atoms with Crippen molar-refractivity contribution < 1.29 is 0 Å². The number of likely N-dealkylation sites (tertiary alicyclic amines) is 2. The zero-order valence-corrected chi connectivity index (χ0v) is 36.4. The minimum atomic E-state index is 0.390. The van der Waals surface area contributed by atoms with Crippen molar-refractivity contribution in [3.8, 4) is 0 Å². The molecule has 0 aromatic heterocycles. The third kappa shape index (κ3) is 20.3. The van der Waals surface area contributed by atoms with Gasteiger partial charge < -0.3 is 10.6 Å². The van der Waals surface area contributed by atoms with E-state index in [-0.39, 0.29) is 0 Å². The summed E-state index contributed by atoms with van der Waals surface area (Å²) in [6.45, 7) is 44.7.